The van der Waals surface area contributed by atoms with E-state index < -0.39 is 16.1 Å². The van der Waals surface area contributed by atoms with Gasteiger partial charge in [0.1, 0.15) is 27.3 Å². The number of fused-ring (bicyclic) bond motifs is 16. The van der Waals surface area contributed by atoms with Crippen LogP contribution in [-0.2, 0) is 21.7 Å². The quantitative estimate of drug-likeness (QED) is 0.155. The maximum Gasteiger partial charge on any atom is 0.160 e. The van der Waals surface area contributed by atoms with E-state index in [0.29, 0.717) is 0 Å². The Kier molecular flexibility index (Phi) is 10.2. The minimum atomic E-state index is -2.47. The van der Waals surface area contributed by atoms with Gasteiger partial charge in [0.05, 0.1) is 11.4 Å². The van der Waals surface area contributed by atoms with Crippen molar-refractivity contribution >= 4 is 115 Å². The molecular formula is C76H76N2O2Si2. The second-order valence-electron chi connectivity index (χ2n) is 29.0. The summed E-state index contributed by atoms with van der Waals surface area (Å²) < 4.78 is 14.6. The second kappa shape index (κ2) is 16.2. The molecule has 0 amide bonds. The lowest BCUT2D eigenvalue weighted by Gasteiger charge is -2.44. The van der Waals surface area contributed by atoms with E-state index in [0.717, 1.165) is 56.5 Å². The van der Waals surface area contributed by atoms with Gasteiger partial charge in [-0.05, 0) is 171 Å². The molecule has 9 aromatic carbocycles. The lowest BCUT2D eigenvalue weighted by Crippen LogP contribution is -2.51. The number of hydrogen-bond donors (Lipinski definition) is 0. The molecule has 0 N–H and O–H groups in total. The first-order valence-electron chi connectivity index (χ1n) is 29.9. The molecule has 4 aliphatic rings. The van der Waals surface area contributed by atoms with Crippen molar-refractivity contribution in [2.45, 2.75) is 131 Å². The van der Waals surface area contributed by atoms with Crippen LogP contribution in [0.5, 0.6) is 0 Å². The molecule has 410 valence electrons. The van der Waals surface area contributed by atoms with E-state index in [2.05, 4.69) is 289 Å². The van der Waals surface area contributed by atoms with Crippen molar-refractivity contribution in [1.29, 1.82) is 0 Å². The molecule has 2 aliphatic heterocycles. The standard InChI is InChI=1S/C76H76N2O2Si2/c1-71(2)53-37-35-47(39-55(53)73(5,6)75(71,9)10)77(45-27-19-17-20-28-45)57-43-63-65(67-49-31-23-25-33-59(49)79-69(57)67)51-41-62-52(42-61(51)81(63,13)14)66-64(82(62,15)16)44-58(70-68(66)50-32-24-26-34-60(50)80-70)78(46-29-21-18-22-30-46)48-36-38-54-56(40-48)74(7,8)76(11,12)72(54,3)4/h17-44H,1-16H3. The Balaban J connectivity index is 0.967. The maximum absolute atomic E-state index is 7.31. The third-order valence-corrected chi connectivity index (χ3v) is 30.6. The number of hydrogen-bond acceptors (Lipinski definition) is 4. The van der Waals surface area contributed by atoms with Gasteiger partial charge in [-0.1, -0.05) is 206 Å². The number of nitrogens with zero attached hydrogens (tertiary/aromatic N) is 2. The molecule has 82 heavy (non-hydrogen) atoms. The normalized spacial score (nSPS) is 19.0. The van der Waals surface area contributed by atoms with Crippen LogP contribution >= 0.6 is 0 Å². The first-order valence-corrected chi connectivity index (χ1v) is 35.9. The van der Waals surface area contributed by atoms with E-state index in [9.17, 15) is 0 Å². The van der Waals surface area contributed by atoms with E-state index in [1.54, 1.807) is 0 Å². The van der Waals surface area contributed by atoms with Crippen molar-refractivity contribution in [3.05, 3.63) is 192 Å². The van der Waals surface area contributed by atoms with Crippen LogP contribution in [0.25, 0.3) is 66.1 Å². The first kappa shape index (κ1) is 51.5. The van der Waals surface area contributed by atoms with Gasteiger partial charge in [-0.3, -0.25) is 0 Å². The van der Waals surface area contributed by atoms with Gasteiger partial charge in [0.2, 0.25) is 0 Å². The molecule has 4 heterocycles. The van der Waals surface area contributed by atoms with Crippen molar-refractivity contribution in [2.24, 2.45) is 10.8 Å². The Bertz CT molecular complexity index is 4290. The van der Waals surface area contributed by atoms with Crippen LogP contribution in [0.4, 0.5) is 34.1 Å². The predicted molar refractivity (Wildman–Crippen MR) is 354 cm³/mol. The third-order valence-electron chi connectivity index (χ3n) is 23.6. The molecule has 0 spiro atoms. The Morgan fingerprint density at radius 1 is 0.329 bits per heavy atom. The number of furan rings is 2. The van der Waals surface area contributed by atoms with Crippen LogP contribution in [0.3, 0.4) is 0 Å². The van der Waals surface area contributed by atoms with Crippen LogP contribution in [0, 0.1) is 10.8 Å². The zero-order valence-electron chi connectivity index (χ0n) is 50.9. The minimum absolute atomic E-state index is 0.00205. The predicted octanol–water partition coefficient (Wildman–Crippen LogP) is 19.2. The van der Waals surface area contributed by atoms with E-state index in [4.69, 9.17) is 8.83 Å². The fourth-order valence-electron chi connectivity index (χ4n) is 16.4. The number of rotatable bonds is 6. The van der Waals surface area contributed by atoms with E-state index >= 15 is 0 Å². The summed E-state index contributed by atoms with van der Waals surface area (Å²) in [5.41, 5.74) is 21.6. The summed E-state index contributed by atoms with van der Waals surface area (Å²) in [6, 6.07) is 64.6. The third kappa shape index (κ3) is 6.22. The Morgan fingerprint density at radius 3 is 1.05 bits per heavy atom. The monoisotopic (exact) mass is 1100 g/mol. The summed E-state index contributed by atoms with van der Waals surface area (Å²) in [6.45, 7) is 39.7. The average molecular weight is 1110 g/mol. The van der Waals surface area contributed by atoms with Gasteiger partial charge in [0.15, 0.2) is 11.2 Å². The Hall–Kier alpha value is -7.39. The number of para-hydroxylation sites is 4. The molecule has 0 radical (unpaired) electrons. The summed E-state index contributed by atoms with van der Waals surface area (Å²) in [4.78, 5) is 5.00. The zero-order chi connectivity index (χ0) is 57.4. The van der Waals surface area contributed by atoms with Gasteiger partial charge in [0.25, 0.3) is 0 Å². The molecule has 0 unspecified atom stereocenters. The summed E-state index contributed by atoms with van der Waals surface area (Å²) in [7, 11) is -4.95. The van der Waals surface area contributed by atoms with Crippen LogP contribution in [0.2, 0.25) is 26.2 Å². The molecule has 2 aliphatic carbocycles. The van der Waals surface area contributed by atoms with Gasteiger partial charge in [0, 0.05) is 44.3 Å². The number of anilines is 6. The average Bonchev–Trinajstić information content (AvgIpc) is 2.75. The zero-order valence-corrected chi connectivity index (χ0v) is 52.9. The topological polar surface area (TPSA) is 32.8 Å². The smallest absolute Gasteiger partial charge is 0.160 e. The van der Waals surface area contributed by atoms with Crippen molar-refractivity contribution in [2.75, 3.05) is 9.80 Å². The lowest BCUT2D eigenvalue weighted by atomic mass is 9.59. The van der Waals surface area contributed by atoms with Crippen LogP contribution in [0.1, 0.15) is 105 Å². The summed E-state index contributed by atoms with van der Waals surface area (Å²) in [5, 5.41) is 10.7. The highest BCUT2D eigenvalue weighted by Crippen LogP contribution is 2.64. The molecular weight excluding hydrogens is 1030 g/mol. The highest BCUT2D eigenvalue weighted by molar-refractivity contribution is 7.06. The molecule has 4 nitrogen and oxygen atoms in total. The van der Waals surface area contributed by atoms with Crippen molar-refractivity contribution in [1.82, 2.24) is 0 Å². The van der Waals surface area contributed by atoms with E-state index in [1.807, 2.05) is 0 Å². The van der Waals surface area contributed by atoms with Crippen LogP contribution < -0.4 is 30.5 Å². The molecule has 15 rings (SSSR count). The lowest BCUT2D eigenvalue weighted by molar-refractivity contribution is 0.125. The fraction of sp³-hybridized carbons (Fsp3) is 0.289. The molecule has 0 bridgehead atoms. The molecule has 11 aromatic rings. The molecule has 0 saturated carbocycles. The summed E-state index contributed by atoms with van der Waals surface area (Å²) in [6.07, 6.45) is 0. The van der Waals surface area contributed by atoms with Crippen LogP contribution in [0.15, 0.2) is 179 Å². The van der Waals surface area contributed by atoms with Crippen molar-refractivity contribution in [3.63, 3.8) is 0 Å². The summed E-state index contributed by atoms with van der Waals surface area (Å²) in [5.74, 6) is 0. The van der Waals surface area contributed by atoms with Gasteiger partial charge in [-0.2, -0.15) is 0 Å². The Morgan fingerprint density at radius 2 is 0.671 bits per heavy atom. The Labute approximate surface area is 486 Å². The largest absolute Gasteiger partial charge is 0.454 e. The molecule has 0 saturated heterocycles. The van der Waals surface area contributed by atoms with Gasteiger partial charge >= 0.3 is 0 Å². The second-order valence-corrected chi connectivity index (χ2v) is 37.6. The van der Waals surface area contributed by atoms with Gasteiger partial charge < -0.3 is 18.6 Å². The molecule has 0 atom stereocenters. The molecule has 6 heteroatoms. The van der Waals surface area contributed by atoms with Gasteiger partial charge in [-0.25, -0.2) is 0 Å². The van der Waals surface area contributed by atoms with Gasteiger partial charge in [-0.15, -0.1) is 0 Å². The van der Waals surface area contributed by atoms with E-state index in [-0.39, 0.29) is 32.5 Å². The summed E-state index contributed by atoms with van der Waals surface area (Å²) >= 11 is 0. The van der Waals surface area contributed by atoms with Crippen molar-refractivity contribution in [3.8, 4) is 22.3 Å². The van der Waals surface area contributed by atoms with Crippen LogP contribution in [-0.4, -0.2) is 16.1 Å². The first-order chi connectivity index (χ1) is 38.7. The highest BCUT2D eigenvalue weighted by atomic mass is 28.3. The fourth-order valence-corrected chi connectivity index (χ4v) is 22.5. The maximum atomic E-state index is 7.31. The number of benzene rings is 9. The van der Waals surface area contributed by atoms with E-state index in [1.165, 1.54) is 86.8 Å². The molecule has 2 aromatic heterocycles. The molecule has 0 fully saturated rings. The highest BCUT2D eigenvalue weighted by Gasteiger charge is 2.58. The minimum Gasteiger partial charge on any atom is -0.454 e. The SMILES string of the molecule is CC1(C)c2ccc(N(c3ccccc3)c3cc4c(c5c3oc3ccccc35)-c3cc5c(cc3[Si]4(C)C)-c3c(cc(N(c4ccccc4)c4ccc6c(c4)C(C)(C)C(C)(C)C6(C)C)c4oc6ccccc6c34)[Si]5(C)C)cc2C(C)(C)C1(C)C. The van der Waals surface area contributed by atoms with Crippen molar-refractivity contribution < 1.29 is 8.83 Å².